The first-order chi connectivity index (χ1) is 13.0. The second-order valence-electron chi connectivity index (χ2n) is 6.45. The molecule has 4 nitrogen and oxygen atoms in total. The molecule has 27 heavy (non-hydrogen) atoms. The predicted molar refractivity (Wildman–Crippen MR) is 99.1 cm³/mol. The molecule has 3 rings (SSSR count). The van der Waals surface area contributed by atoms with Gasteiger partial charge in [0, 0.05) is 16.5 Å². The molecule has 1 aliphatic carbocycles. The number of hydrogen-bond donors (Lipinski definition) is 1. The van der Waals surface area contributed by atoms with Gasteiger partial charge in [0.1, 0.15) is 5.82 Å². The van der Waals surface area contributed by atoms with Gasteiger partial charge >= 0.3 is 6.18 Å². The van der Waals surface area contributed by atoms with Crippen molar-refractivity contribution < 1.29 is 22.4 Å². The molecule has 0 saturated heterocycles. The Morgan fingerprint density at radius 2 is 1.78 bits per heavy atom. The van der Waals surface area contributed by atoms with Gasteiger partial charge in [-0.15, -0.1) is 0 Å². The Balaban J connectivity index is 1.87. The normalized spacial score (nSPS) is 15.7. The van der Waals surface area contributed by atoms with E-state index < -0.39 is 11.7 Å². The fourth-order valence-corrected chi connectivity index (χ4v) is 3.52. The van der Waals surface area contributed by atoms with Crippen LogP contribution in [0.2, 0.25) is 0 Å². The molecule has 0 spiro atoms. The second kappa shape index (κ2) is 8.95. The van der Waals surface area contributed by atoms with Crippen LogP contribution in [-0.4, -0.2) is 18.1 Å². The van der Waals surface area contributed by atoms with E-state index in [0.29, 0.717) is 5.56 Å². The lowest BCUT2D eigenvalue weighted by Gasteiger charge is -2.24. The summed E-state index contributed by atoms with van der Waals surface area (Å²) in [5.41, 5.74) is 0.189. The zero-order valence-electron chi connectivity index (χ0n) is 14.9. The van der Waals surface area contributed by atoms with Crippen LogP contribution in [0.4, 0.5) is 19.0 Å². The summed E-state index contributed by atoms with van der Waals surface area (Å²) >= 11 is 1.02. The molecule has 0 radical (unpaired) electrons. The lowest BCUT2D eigenvalue weighted by Crippen LogP contribution is -2.23. The van der Waals surface area contributed by atoms with Crippen molar-refractivity contribution in [3.63, 3.8) is 0 Å². The van der Waals surface area contributed by atoms with Crippen molar-refractivity contribution in [3.8, 4) is 11.3 Å². The van der Waals surface area contributed by atoms with E-state index in [2.05, 4.69) is 15.2 Å². The van der Waals surface area contributed by atoms with Gasteiger partial charge in [-0.25, -0.2) is 9.87 Å². The first kappa shape index (κ1) is 20.0. The summed E-state index contributed by atoms with van der Waals surface area (Å²) in [6, 6.07) is 9.27. The van der Waals surface area contributed by atoms with E-state index in [4.69, 9.17) is 4.33 Å². The summed E-state index contributed by atoms with van der Waals surface area (Å²) in [7, 11) is 1.40. The molecule has 1 saturated carbocycles. The van der Waals surface area contributed by atoms with Crippen molar-refractivity contribution >= 4 is 17.9 Å². The Labute approximate surface area is 160 Å². The zero-order valence-corrected chi connectivity index (χ0v) is 15.7. The molecule has 0 atom stereocenters. The standard InChI is InChI=1S/C19H21F3N2O2S/c1-25-26-27-16-9-7-13(8-10-16)17-11-14(19(20,21)22)12-18(24-17)23-15-5-3-2-4-6-15/h7-12,15H,2-6H2,1H3,(H,23,24). The first-order valence-corrected chi connectivity index (χ1v) is 9.53. The third-order valence-electron chi connectivity index (χ3n) is 4.46. The Morgan fingerprint density at radius 1 is 1.07 bits per heavy atom. The summed E-state index contributed by atoms with van der Waals surface area (Å²) < 4.78 is 44.8. The van der Waals surface area contributed by atoms with Crippen LogP contribution in [-0.2, 0) is 15.4 Å². The van der Waals surface area contributed by atoms with Gasteiger partial charge in [-0.1, -0.05) is 31.4 Å². The Bertz CT molecular complexity index is 748. The van der Waals surface area contributed by atoms with E-state index in [0.717, 1.165) is 54.8 Å². The van der Waals surface area contributed by atoms with E-state index in [1.165, 1.54) is 13.5 Å². The van der Waals surface area contributed by atoms with E-state index in [1.54, 1.807) is 24.3 Å². The summed E-state index contributed by atoms with van der Waals surface area (Å²) in [6.45, 7) is 0. The van der Waals surface area contributed by atoms with E-state index in [-0.39, 0.29) is 17.6 Å². The lowest BCUT2D eigenvalue weighted by molar-refractivity contribution is -0.160. The van der Waals surface area contributed by atoms with Gasteiger partial charge in [0.25, 0.3) is 0 Å². The third-order valence-corrected chi connectivity index (χ3v) is 5.13. The fraction of sp³-hybridized carbons (Fsp3) is 0.421. The van der Waals surface area contributed by atoms with E-state index >= 15 is 0 Å². The van der Waals surface area contributed by atoms with Crippen LogP contribution in [0, 0.1) is 0 Å². The third kappa shape index (κ3) is 5.60. The van der Waals surface area contributed by atoms with Crippen LogP contribution in [0.3, 0.4) is 0 Å². The Kier molecular flexibility index (Phi) is 6.62. The number of alkyl halides is 3. The van der Waals surface area contributed by atoms with Crippen molar-refractivity contribution in [1.29, 1.82) is 0 Å². The van der Waals surface area contributed by atoms with E-state index in [9.17, 15) is 13.2 Å². The van der Waals surface area contributed by atoms with Crippen LogP contribution in [0.25, 0.3) is 11.3 Å². The highest BCUT2D eigenvalue weighted by molar-refractivity contribution is 7.94. The molecule has 1 aromatic heterocycles. The molecule has 1 N–H and O–H groups in total. The Hall–Kier alpha value is -1.77. The SMILES string of the molecule is COOSc1ccc(-c2cc(C(F)(F)F)cc(NC3CCCCC3)n2)cc1. The summed E-state index contributed by atoms with van der Waals surface area (Å²) in [5, 5.41) is 3.19. The van der Waals surface area contributed by atoms with Crippen molar-refractivity contribution in [1.82, 2.24) is 4.98 Å². The van der Waals surface area contributed by atoms with Crippen molar-refractivity contribution in [2.45, 2.75) is 49.2 Å². The number of halogens is 3. The zero-order chi connectivity index (χ0) is 19.3. The topological polar surface area (TPSA) is 43.4 Å². The maximum atomic E-state index is 13.4. The van der Waals surface area contributed by atoms with Gasteiger partial charge in [-0.05, 0) is 37.1 Å². The molecular weight excluding hydrogens is 377 g/mol. The highest BCUT2D eigenvalue weighted by Gasteiger charge is 2.32. The van der Waals surface area contributed by atoms with Crippen molar-refractivity contribution in [2.75, 3.05) is 12.4 Å². The van der Waals surface area contributed by atoms with Gasteiger partial charge in [0.15, 0.2) is 0 Å². The average molecular weight is 398 g/mol. The lowest BCUT2D eigenvalue weighted by atomic mass is 9.95. The minimum absolute atomic E-state index is 0.174. The number of benzene rings is 1. The number of pyridine rings is 1. The monoisotopic (exact) mass is 398 g/mol. The molecule has 1 aliphatic rings. The maximum absolute atomic E-state index is 13.4. The van der Waals surface area contributed by atoms with Gasteiger partial charge < -0.3 is 5.32 Å². The highest BCUT2D eigenvalue weighted by atomic mass is 32.2. The van der Waals surface area contributed by atoms with Crippen LogP contribution >= 0.6 is 12.0 Å². The molecule has 146 valence electrons. The van der Waals surface area contributed by atoms with Gasteiger partial charge in [-0.2, -0.15) is 17.5 Å². The highest BCUT2D eigenvalue weighted by Crippen LogP contribution is 2.34. The number of nitrogens with one attached hydrogen (secondary N) is 1. The molecule has 0 amide bonds. The number of nitrogens with zero attached hydrogens (tertiary/aromatic N) is 1. The van der Waals surface area contributed by atoms with Crippen molar-refractivity contribution in [2.24, 2.45) is 0 Å². The quantitative estimate of drug-likeness (QED) is 0.362. The minimum atomic E-state index is -4.43. The molecule has 1 heterocycles. The number of anilines is 1. The summed E-state index contributed by atoms with van der Waals surface area (Å²) in [5.74, 6) is 0.271. The predicted octanol–water partition coefficient (Wildman–Crippen LogP) is 6.10. The molecule has 2 aromatic rings. The summed E-state index contributed by atoms with van der Waals surface area (Å²) in [4.78, 5) is 9.72. The van der Waals surface area contributed by atoms with Gasteiger partial charge in [-0.3, -0.25) is 0 Å². The number of aromatic nitrogens is 1. The number of hydrogen-bond acceptors (Lipinski definition) is 5. The van der Waals surface area contributed by atoms with Crippen LogP contribution in [0.15, 0.2) is 41.3 Å². The van der Waals surface area contributed by atoms with Gasteiger partial charge in [0.05, 0.1) is 30.4 Å². The van der Waals surface area contributed by atoms with Gasteiger partial charge in [0.2, 0.25) is 0 Å². The molecule has 0 aliphatic heterocycles. The second-order valence-corrected chi connectivity index (χ2v) is 7.22. The minimum Gasteiger partial charge on any atom is -0.367 e. The fourth-order valence-electron chi connectivity index (χ4n) is 3.13. The van der Waals surface area contributed by atoms with E-state index in [1.807, 2.05) is 0 Å². The Morgan fingerprint density at radius 3 is 2.41 bits per heavy atom. The molecule has 8 heteroatoms. The van der Waals surface area contributed by atoms with Crippen LogP contribution in [0.1, 0.15) is 37.7 Å². The van der Waals surface area contributed by atoms with Crippen molar-refractivity contribution in [3.05, 3.63) is 42.0 Å². The molecule has 0 bridgehead atoms. The van der Waals surface area contributed by atoms with Crippen LogP contribution in [0.5, 0.6) is 0 Å². The maximum Gasteiger partial charge on any atom is 0.416 e. The average Bonchev–Trinajstić information content (AvgIpc) is 2.66. The molecule has 1 fully saturated rings. The number of rotatable bonds is 6. The molecular formula is C19H21F3N2O2S. The molecule has 0 unspecified atom stereocenters. The largest absolute Gasteiger partial charge is 0.416 e. The molecule has 1 aromatic carbocycles. The smallest absolute Gasteiger partial charge is 0.367 e. The van der Waals surface area contributed by atoms with Crippen LogP contribution < -0.4 is 5.32 Å². The first-order valence-electron chi connectivity index (χ1n) is 8.79. The summed E-state index contributed by atoms with van der Waals surface area (Å²) in [6.07, 6.45) is 0.842.